The minimum absolute atomic E-state index is 0.0265. The summed E-state index contributed by atoms with van der Waals surface area (Å²) >= 11 is 0. The molecule has 5 rings (SSSR count). The number of carbonyl (C=O) groups excluding carboxylic acids is 2. The van der Waals surface area contributed by atoms with Crippen LogP contribution in [0.4, 0.5) is 4.39 Å². The highest BCUT2D eigenvalue weighted by molar-refractivity contribution is 5.97. The minimum atomic E-state index is -0.208. The molecule has 0 N–H and O–H groups in total. The van der Waals surface area contributed by atoms with Gasteiger partial charge < -0.3 is 9.80 Å². The number of rotatable bonds is 5. The third-order valence-corrected chi connectivity index (χ3v) is 8.36. The summed E-state index contributed by atoms with van der Waals surface area (Å²) in [6.45, 7) is 10.1. The van der Waals surface area contributed by atoms with Gasteiger partial charge in [-0.05, 0) is 68.3 Å². The number of aryl methyl sites for hydroxylation is 2. The van der Waals surface area contributed by atoms with Gasteiger partial charge in [0.1, 0.15) is 12.1 Å². The summed E-state index contributed by atoms with van der Waals surface area (Å²) in [6.07, 6.45) is 6.13. The zero-order valence-electron chi connectivity index (χ0n) is 21.3. The van der Waals surface area contributed by atoms with Gasteiger partial charge in [0.25, 0.3) is 5.91 Å². The number of hydrogen-bond donors (Lipinski definition) is 0. The molecule has 36 heavy (non-hydrogen) atoms. The van der Waals surface area contributed by atoms with E-state index in [9.17, 15) is 14.0 Å². The van der Waals surface area contributed by atoms with Crippen LogP contribution in [0, 0.1) is 25.6 Å². The Morgan fingerprint density at radius 3 is 2.47 bits per heavy atom. The van der Waals surface area contributed by atoms with E-state index in [2.05, 4.69) is 14.9 Å². The molecule has 2 amide bonds. The van der Waals surface area contributed by atoms with E-state index in [4.69, 9.17) is 0 Å². The molecular formula is C28H34FN5O2. The summed E-state index contributed by atoms with van der Waals surface area (Å²) in [6, 6.07) is 7.00. The van der Waals surface area contributed by atoms with Crippen LogP contribution in [0.25, 0.3) is 0 Å². The van der Waals surface area contributed by atoms with Crippen LogP contribution in [0.15, 0.2) is 42.4 Å². The molecule has 3 aliphatic heterocycles. The van der Waals surface area contributed by atoms with Crippen molar-refractivity contribution in [1.82, 2.24) is 24.7 Å². The fourth-order valence-corrected chi connectivity index (χ4v) is 6.17. The fourth-order valence-electron chi connectivity index (χ4n) is 6.17. The zero-order chi connectivity index (χ0) is 25.4. The SMILES string of the molecule is CC(=O)N1CCC(CCN2CC3=CN(C(=O)c4c(C)ncnc4C)CC3C2)(c2cccc(F)c2)CC1. The number of piperidine rings is 1. The lowest BCUT2D eigenvalue weighted by Crippen LogP contribution is -2.46. The molecule has 0 aliphatic carbocycles. The van der Waals surface area contributed by atoms with Crippen LogP contribution in [0.1, 0.15) is 53.5 Å². The molecule has 8 heteroatoms. The molecule has 1 unspecified atom stereocenters. The largest absolute Gasteiger partial charge is 0.343 e. The molecule has 2 fully saturated rings. The molecule has 2 saturated heterocycles. The number of amides is 2. The molecule has 3 aliphatic rings. The third kappa shape index (κ3) is 4.66. The number of halogens is 1. The molecule has 190 valence electrons. The lowest BCUT2D eigenvalue weighted by atomic mass is 9.70. The molecule has 0 spiro atoms. The van der Waals surface area contributed by atoms with Crippen molar-refractivity contribution < 1.29 is 14.0 Å². The number of fused-ring (bicyclic) bond motifs is 1. The molecule has 1 atom stereocenters. The van der Waals surface area contributed by atoms with Crippen LogP contribution in [0.5, 0.6) is 0 Å². The smallest absolute Gasteiger partial charge is 0.261 e. The van der Waals surface area contributed by atoms with Crippen molar-refractivity contribution in [3.8, 4) is 0 Å². The standard InChI is InChI=1S/C28H34FN5O2/c1-19-26(20(2)31-18-30-19)27(36)34-16-22-14-32(15-23(22)17-34)10-7-28(24-5-4-6-25(29)13-24)8-11-33(12-9-28)21(3)35/h4-6,13,16,18,23H,7-12,14-15,17H2,1-3H3. The van der Waals surface area contributed by atoms with Gasteiger partial charge in [-0.3, -0.25) is 14.5 Å². The van der Waals surface area contributed by atoms with Crippen molar-refractivity contribution in [3.05, 3.63) is 70.7 Å². The summed E-state index contributed by atoms with van der Waals surface area (Å²) in [5.74, 6) is 0.208. The summed E-state index contributed by atoms with van der Waals surface area (Å²) < 4.78 is 14.1. The number of aromatic nitrogens is 2. The molecule has 0 radical (unpaired) electrons. The average molecular weight is 492 g/mol. The van der Waals surface area contributed by atoms with E-state index in [0.717, 1.165) is 44.5 Å². The van der Waals surface area contributed by atoms with E-state index in [-0.39, 0.29) is 23.0 Å². The highest BCUT2D eigenvalue weighted by Crippen LogP contribution is 2.40. The highest BCUT2D eigenvalue weighted by Gasteiger charge is 2.40. The topological polar surface area (TPSA) is 69.6 Å². The van der Waals surface area contributed by atoms with Crippen LogP contribution in [-0.4, -0.2) is 75.8 Å². The fraction of sp³-hybridized carbons (Fsp3) is 0.500. The van der Waals surface area contributed by atoms with E-state index >= 15 is 0 Å². The van der Waals surface area contributed by atoms with Crippen molar-refractivity contribution in [2.24, 2.45) is 5.92 Å². The lowest BCUT2D eigenvalue weighted by Gasteiger charge is -2.43. The molecule has 7 nitrogen and oxygen atoms in total. The predicted octanol–water partition coefficient (Wildman–Crippen LogP) is 3.47. The Morgan fingerprint density at radius 2 is 1.83 bits per heavy atom. The monoisotopic (exact) mass is 491 g/mol. The zero-order valence-corrected chi connectivity index (χ0v) is 21.3. The van der Waals surface area contributed by atoms with Crippen molar-refractivity contribution in [1.29, 1.82) is 0 Å². The van der Waals surface area contributed by atoms with E-state index in [0.29, 0.717) is 42.5 Å². The van der Waals surface area contributed by atoms with Crippen LogP contribution < -0.4 is 0 Å². The predicted molar refractivity (Wildman–Crippen MR) is 135 cm³/mol. The summed E-state index contributed by atoms with van der Waals surface area (Å²) in [5, 5.41) is 0. The van der Waals surface area contributed by atoms with Gasteiger partial charge in [-0.2, -0.15) is 0 Å². The Hall–Kier alpha value is -3.13. The van der Waals surface area contributed by atoms with Crippen LogP contribution >= 0.6 is 0 Å². The summed E-state index contributed by atoms with van der Waals surface area (Å²) in [7, 11) is 0. The first-order chi connectivity index (χ1) is 17.3. The Balaban J connectivity index is 1.26. The van der Waals surface area contributed by atoms with Gasteiger partial charge in [-0.15, -0.1) is 0 Å². The first-order valence-corrected chi connectivity index (χ1v) is 12.8. The average Bonchev–Trinajstić information content (AvgIpc) is 3.42. The molecule has 1 aromatic heterocycles. The quantitative estimate of drug-likeness (QED) is 0.641. The normalized spacial score (nSPS) is 21.4. The first kappa shape index (κ1) is 24.6. The van der Waals surface area contributed by atoms with Crippen LogP contribution in [0.3, 0.4) is 0 Å². The van der Waals surface area contributed by atoms with E-state index in [1.54, 1.807) is 19.1 Å². The molecule has 1 aromatic carbocycles. The Bertz CT molecular complexity index is 1180. The number of carbonyl (C=O) groups is 2. The molecule has 4 heterocycles. The second kappa shape index (κ2) is 9.73. The van der Waals surface area contributed by atoms with Crippen molar-refractivity contribution >= 4 is 11.8 Å². The van der Waals surface area contributed by atoms with E-state index in [1.165, 1.54) is 18.0 Å². The van der Waals surface area contributed by atoms with Crippen molar-refractivity contribution in [2.45, 2.75) is 45.4 Å². The lowest BCUT2D eigenvalue weighted by molar-refractivity contribution is -0.130. The maximum atomic E-state index is 14.1. The van der Waals surface area contributed by atoms with Gasteiger partial charge in [0, 0.05) is 51.8 Å². The molecule has 0 bridgehead atoms. The Labute approximate surface area is 212 Å². The second-order valence-corrected chi connectivity index (χ2v) is 10.6. The van der Waals surface area contributed by atoms with Gasteiger partial charge in [-0.1, -0.05) is 12.1 Å². The van der Waals surface area contributed by atoms with Gasteiger partial charge in [-0.25, -0.2) is 14.4 Å². The van der Waals surface area contributed by atoms with Gasteiger partial charge in [0.05, 0.1) is 17.0 Å². The number of nitrogens with zero attached hydrogens (tertiary/aromatic N) is 5. The van der Waals surface area contributed by atoms with Gasteiger partial charge >= 0.3 is 0 Å². The summed E-state index contributed by atoms with van der Waals surface area (Å²) in [5.41, 5.74) is 4.22. The third-order valence-electron chi connectivity index (χ3n) is 8.36. The number of hydrogen-bond acceptors (Lipinski definition) is 5. The Kier molecular flexibility index (Phi) is 6.64. The second-order valence-electron chi connectivity index (χ2n) is 10.6. The maximum absolute atomic E-state index is 14.1. The van der Waals surface area contributed by atoms with Crippen molar-refractivity contribution in [2.75, 3.05) is 39.3 Å². The molecular weight excluding hydrogens is 457 g/mol. The first-order valence-electron chi connectivity index (χ1n) is 12.8. The number of likely N-dealkylation sites (tertiary alicyclic amines) is 2. The minimum Gasteiger partial charge on any atom is -0.343 e. The van der Waals surface area contributed by atoms with E-state index in [1.807, 2.05) is 35.9 Å². The van der Waals surface area contributed by atoms with Gasteiger partial charge in [0.2, 0.25) is 5.91 Å². The summed E-state index contributed by atoms with van der Waals surface area (Å²) in [4.78, 5) is 39.6. The highest BCUT2D eigenvalue weighted by atomic mass is 19.1. The Morgan fingerprint density at radius 1 is 1.11 bits per heavy atom. The molecule has 2 aromatic rings. The number of benzene rings is 1. The van der Waals surface area contributed by atoms with Crippen LogP contribution in [0.2, 0.25) is 0 Å². The van der Waals surface area contributed by atoms with Crippen molar-refractivity contribution in [3.63, 3.8) is 0 Å². The molecule has 0 saturated carbocycles. The maximum Gasteiger partial charge on any atom is 0.261 e. The van der Waals surface area contributed by atoms with Gasteiger partial charge in [0.15, 0.2) is 0 Å². The van der Waals surface area contributed by atoms with Crippen LogP contribution in [-0.2, 0) is 10.2 Å². The van der Waals surface area contributed by atoms with E-state index < -0.39 is 0 Å².